The molecule has 4 heteroatoms. The van der Waals surface area contributed by atoms with E-state index in [1.54, 1.807) is 0 Å². The van der Waals surface area contributed by atoms with E-state index < -0.39 is 21.6 Å². The van der Waals surface area contributed by atoms with Crippen molar-refractivity contribution < 1.29 is 8.42 Å². The Morgan fingerprint density at radius 1 is 0.611 bits per heavy atom. The van der Waals surface area contributed by atoms with Gasteiger partial charge in [-0.3, -0.25) is 8.42 Å². The summed E-state index contributed by atoms with van der Waals surface area (Å²) in [6, 6.07) is 0. The van der Waals surface area contributed by atoms with Gasteiger partial charge in [-0.05, 0) is 41.5 Å². The smallest absolute Gasteiger partial charge is 0.0377 e. The van der Waals surface area contributed by atoms with E-state index in [4.69, 9.17) is 0 Å². The molecule has 0 heterocycles. The van der Waals surface area contributed by atoms with Crippen LogP contribution in [0.2, 0.25) is 0 Å². The van der Waals surface area contributed by atoms with Gasteiger partial charge in [-0.1, -0.05) is 27.7 Å². The molecule has 18 heavy (non-hydrogen) atoms. The first-order valence-corrected chi connectivity index (χ1v) is 8.95. The average molecular weight is 297 g/mol. The second kappa shape index (κ2) is 7.78. The van der Waals surface area contributed by atoms with Gasteiger partial charge in [0.05, 0.1) is 0 Å². The molecule has 0 aromatic rings. The molecular weight excluding hydrogens is 264 g/mol. The van der Waals surface area contributed by atoms with Gasteiger partial charge in [0.1, 0.15) is 0 Å². The Hall–Kier alpha value is 0.300. The van der Waals surface area contributed by atoms with Crippen molar-refractivity contribution in [1.82, 2.24) is 0 Å². The topological polar surface area (TPSA) is 34.1 Å². The quantitative estimate of drug-likeness (QED) is 0.775. The number of hydrogen-bond donors (Lipinski definition) is 0. The molecule has 2 atom stereocenters. The van der Waals surface area contributed by atoms with Gasteiger partial charge in [0.2, 0.25) is 0 Å². The first kappa shape index (κ1) is 20.6. The molecule has 0 radical (unpaired) electrons. The van der Waals surface area contributed by atoms with Gasteiger partial charge >= 0.3 is 0 Å². The highest BCUT2D eigenvalue weighted by atomic mass is 32.2. The second-order valence-corrected chi connectivity index (χ2v) is 12.4. The second-order valence-electron chi connectivity index (χ2n) is 6.92. The molecule has 0 bridgehead atoms. The summed E-state index contributed by atoms with van der Waals surface area (Å²) in [6.45, 7) is 20.0. The SMILES string of the molecule is CC(C)S(=O)C(C)(C)C.CC(C)[S@@](=O)C(C)(C)C. The van der Waals surface area contributed by atoms with Crippen molar-refractivity contribution in [3.05, 3.63) is 0 Å². The van der Waals surface area contributed by atoms with E-state index in [1.807, 2.05) is 69.2 Å². The van der Waals surface area contributed by atoms with Crippen molar-refractivity contribution in [3.63, 3.8) is 0 Å². The van der Waals surface area contributed by atoms with Crippen LogP contribution >= 0.6 is 0 Å². The van der Waals surface area contributed by atoms with Crippen molar-refractivity contribution in [2.45, 2.75) is 89.2 Å². The molecule has 0 aromatic heterocycles. The largest absolute Gasteiger partial charge is 0.259 e. The summed E-state index contributed by atoms with van der Waals surface area (Å²) in [5, 5.41) is 0.565. The lowest BCUT2D eigenvalue weighted by atomic mass is 10.3. The zero-order valence-corrected chi connectivity index (χ0v) is 15.4. The van der Waals surface area contributed by atoms with Crippen molar-refractivity contribution in [2.24, 2.45) is 0 Å². The fraction of sp³-hybridized carbons (Fsp3) is 1.00. The Morgan fingerprint density at radius 3 is 0.778 bits per heavy atom. The van der Waals surface area contributed by atoms with Gasteiger partial charge in [0.15, 0.2) is 0 Å². The highest BCUT2D eigenvalue weighted by Gasteiger charge is 2.22. The minimum Gasteiger partial charge on any atom is -0.259 e. The van der Waals surface area contributed by atoms with E-state index in [9.17, 15) is 8.42 Å². The maximum atomic E-state index is 11.3. The third-order valence-electron chi connectivity index (χ3n) is 2.06. The zero-order chi connectivity index (χ0) is 15.3. The molecule has 0 spiro atoms. The van der Waals surface area contributed by atoms with Crippen LogP contribution in [0.5, 0.6) is 0 Å². The number of rotatable bonds is 2. The molecule has 0 aromatic carbocycles. The predicted octanol–water partition coefficient (Wildman–Crippen LogP) is 3.88. The fourth-order valence-electron chi connectivity index (χ4n) is 1.41. The minimum absolute atomic E-state index is 0.0475. The van der Waals surface area contributed by atoms with Gasteiger partial charge in [-0.15, -0.1) is 0 Å². The van der Waals surface area contributed by atoms with Crippen LogP contribution in [0.4, 0.5) is 0 Å². The van der Waals surface area contributed by atoms with E-state index in [-0.39, 0.29) is 20.0 Å². The van der Waals surface area contributed by atoms with E-state index in [0.29, 0.717) is 0 Å². The van der Waals surface area contributed by atoms with Crippen molar-refractivity contribution in [2.75, 3.05) is 0 Å². The summed E-state index contributed by atoms with van der Waals surface area (Å²) in [4.78, 5) is 0. The van der Waals surface area contributed by atoms with Crippen LogP contribution in [-0.2, 0) is 21.6 Å². The third-order valence-corrected chi connectivity index (χ3v) is 6.19. The lowest BCUT2D eigenvalue weighted by molar-refractivity contribution is 0.640. The summed E-state index contributed by atoms with van der Waals surface area (Å²) in [5.41, 5.74) is 0. The molecule has 0 fully saturated rings. The molecule has 0 rings (SSSR count). The molecular formula is C14H32O2S2. The highest BCUT2D eigenvalue weighted by molar-refractivity contribution is 7.87. The van der Waals surface area contributed by atoms with E-state index >= 15 is 0 Å². The van der Waals surface area contributed by atoms with Crippen LogP contribution in [0, 0.1) is 0 Å². The Kier molecular flexibility index (Phi) is 8.91. The minimum atomic E-state index is -0.689. The van der Waals surface area contributed by atoms with Crippen molar-refractivity contribution in [3.8, 4) is 0 Å². The van der Waals surface area contributed by atoms with E-state index in [2.05, 4.69) is 0 Å². The van der Waals surface area contributed by atoms with Gasteiger partial charge in [0.25, 0.3) is 0 Å². The summed E-state index contributed by atoms with van der Waals surface area (Å²) in [6.07, 6.45) is 0. The molecule has 0 saturated carbocycles. The van der Waals surface area contributed by atoms with Crippen LogP contribution in [0.3, 0.4) is 0 Å². The van der Waals surface area contributed by atoms with E-state index in [0.717, 1.165) is 0 Å². The maximum absolute atomic E-state index is 11.3. The Bertz CT molecular complexity index is 251. The van der Waals surface area contributed by atoms with Crippen LogP contribution in [0.1, 0.15) is 69.2 Å². The summed E-state index contributed by atoms with van der Waals surface area (Å²) >= 11 is 0. The molecule has 0 aliphatic heterocycles. The monoisotopic (exact) mass is 296 g/mol. The van der Waals surface area contributed by atoms with Gasteiger partial charge < -0.3 is 0 Å². The molecule has 0 aliphatic rings. The van der Waals surface area contributed by atoms with Crippen molar-refractivity contribution >= 4 is 21.6 Å². The highest BCUT2D eigenvalue weighted by Crippen LogP contribution is 2.15. The summed E-state index contributed by atoms with van der Waals surface area (Å²) in [5.74, 6) is 0. The lowest BCUT2D eigenvalue weighted by Gasteiger charge is -2.20. The first-order chi connectivity index (χ1) is 7.71. The Morgan fingerprint density at radius 2 is 0.778 bits per heavy atom. The van der Waals surface area contributed by atoms with E-state index in [1.165, 1.54) is 0 Å². The lowest BCUT2D eigenvalue weighted by Crippen LogP contribution is -2.27. The molecule has 0 amide bonds. The Balaban J connectivity index is 0. The van der Waals surface area contributed by atoms with Crippen LogP contribution in [-0.4, -0.2) is 28.4 Å². The third kappa shape index (κ3) is 9.26. The molecule has 112 valence electrons. The summed E-state index contributed by atoms with van der Waals surface area (Å²) < 4.78 is 22.5. The molecule has 2 nitrogen and oxygen atoms in total. The van der Waals surface area contributed by atoms with Crippen molar-refractivity contribution in [1.29, 1.82) is 0 Å². The van der Waals surface area contributed by atoms with Gasteiger partial charge in [-0.25, -0.2) is 0 Å². The van der Waals surface area contributed by atoms with Gasteiger partial charge in [0, 0.05) is 41.6 Å². The maximum Gasteiger partial charge on any atom is 0.0377 e. The molecule has 0 aliphatic carbocycles. The average Bonchev–Trinajstić information content (AvgIpc) is 2.13. The normalized spacial score (nSPS) is 16.2. The molecule has 0 saturated heterocycles. The zero-order valence-electron chi connectivity index (χ0n) is 13.8. The first-order valence-electron chi connectivity index (χ1n) is 6.52. The summed E-state index contributed by atoms with van der Waals surface area (Å²) in [7, 11) is -1.38. The van der Waals surface area contributed by atoms with Gasteiger partial charge in [-0.2, -0.15) is 0 Å². The molecule has 0 N–H and O–H groups in total. The fourth-order valence-corrected chi connectivity index (χ4v) is 4.24. The Labute approximate surface area is 119 Å². The van der Waals surface area contributed by atoms with Crippen LogP contribution < -0.4 is 0 Å². The number of hydrogen-bond acceptors (Lipinski definition) is 2. The molecule has 1 unspecified atom stereocenters. The van der Waals surface area contributed by atoms with Crippen LogP contribution in [0.15, 0.2) is 0 Å². The standard InChI is InChI=1S/2C7H16OS/c2*1-6(2)9(8)7(3,4)5/h2*6H,1-5H3/t9-;/m1./s1. The van der Waals surface area contributed by atoms with Crippen LogP contribution in [0.25, 0.3) is 0 Å². The predicted molar refractivity (Wildman–Crippen MR) is 86.1 cm³/mol.